The van der Waals surface area contributed by atoms with Crippen LogP contribution in [-0.2, 0) is 5.41 Å². The zero-order valence-electron chi connectivity index (χ0n) is 12.5. The Morgan fingerprint density at radius 3 is 2.68 bits per heavy atom. The molecule has 1 aromatic rings. The van der Waals surface area contributed by atoms with Gasteiger partial charge in [-0.05, 0) is 23.9 Å². The quantitative estimate of drug-likeness (QED) is 0.601. The van der Waals surface area contributed by atoms with Crippen LogP contribution >= 0.6 is 0 Å². The molecule has 19 heavy (non-hydrogen) atoms. The van der Waals surface area contributed by atoms with E-state index in [1.165, 1.54) is 0 Å². The Morgan fingerprint density at radius 1 is 1.42 bits per heavy atom. The van der Waals surface area contributed by atoms with Gasteiger partial charge in [0.25, 0.3) is 0 Å². The molecular weight excluding hydrogens is 237 g/mol. The highest BCUT2D eigenvalue weighted by Gasteiger charge is 2.27. The van der Waals surface area contributed by atoms with Crippen molar-refractivity contribution >= 4 is 19.3 Å². The lowest BCUT2D eigenvalue weighted by Gasteiger charge is -2.33. The third-order valence-corrected chi connectivity index (χ3v) is 3.60. The van der Waals surface area contributed by atoms with Crippen molar-refractivity contribution in [2.45, 2.75) is 32.5 Å². The first-order valence-electron chi connectivity index (χ1n) is 6.90. The number of Topliss-reactive ketones (excluding diaryl/α,β-unsaturated/α-hetero) is 1. The summed E-state index contributed by atoms with van der Waals surface area (Å²) in [6.07, 6.45) is 0.535. The molecule has 0 fully saturated rings. The molecule has 0 unspecified atom stereocenters. The molecule has 0 saturated heterocycles. The number of carbonyl (C=O) groups excluding carboxylic acids is 1. The van der Waals surface area contributed by atoms with Crippen molar-refractivity contribution in [2.75, 3.05) is 25.1 Å². The molecular formula is C15H22BNO2. The average molecular weight is 259 g/mol. The Bertz CT molecular complexity index is 506. The van der Waals surface area contributed by atoms with Crippen LogP contribution in [0.5, 0.6) is 5.75 Å². The first-order chi connectivity index (χ1) is 8.84. The van der Waals surface area contributed by atoms with E-state index in [2.05, 4.69) is 25.7 Å². The Hall–Kier alpha value is -1.45. The minimum absolute atomic E-state index is 0.0354. The molecule has 1 heterocycles. The van der Waals surface area contributed by atoms with Crippen molar-refractivity contribution in [3.05, 3.63) is 23.3 Å². The van der Waals surface area contributed by atoms with Crippen LogP contribution in [0.3, 0.4) is 0 Å². The molecule has 0 N–H and O–H groups in total. The maximum atomic E-state index is 12.0. The van der Waals surface area contributed by atoms with Crippen LogP contribution in [0.15, 0.2) is 12.1 Å². The van der Waals surface area contributed by atoms with Crippen LogP contribution in [-0.4, -0.2) is 33.8 Å². The fraction of sp³-hybridized carbons (Fsp3) is 0.533. The Morgan fingerprint density at radius 2 is 2.11 bits per heavy atom. The number of hydrogen-bond donors (Lipinski definition) is 0. The maximum Gasteiger partial charge on any atom is 0.155 e. The number of rotatable bonds is 2. The lowest BCUT2D eigenvalue weighted by atomic mass is 9.83. The largest absolute Gasteiger partial charge is 0.489 e. The molecule has 0 aromatic heterocycles. The zero-order chi connectivity index (χ0) is 14.2. The van der Waals surface area contributed by atoms with Crippen LogP contribution in [0, 0.1) is 0 Å². The standard InChI is InChI=1S/C15H22BNO2/c1-15(2,3)11-7-10(13(18)9-16)8-12-14(11)19-6-5-17(12)4/h7-8H,5-6,9,16H2,1-4H3. The number of hydrogen-bond acceptors (Lipinski definition) is 3. The van der Waals surface area contributed by atoms with E-state index in [4.69, 9.17) is 4.74 Å². The molecule has 3 nitrogen and oxygen atoms in total. The van der Waals surface area contributed by atoms with E-state index in [1.54, 1.807) is 0 Å². The molecule has 1 aromatic carbocycles. The van der Waals surface area contributed by atoms with Crippen LogP contribution in [0.2, 0.25) is 6.32 Å². The van der Waals surface area contributed by atoms with Crippen molar-refractivity contribution in [3.8, 4) is 5.75 Å². The molecule has 0 saturated carbocycles. The maximum absolute atomic E-state index is 12.0. The zero-order valence-corrected chi connectivity index (χ0v) is 12.5. The number of fused-ring (bicyclic) bond motifs is 1. The molecule has 4 heteroatoms. The number of ether oxygens (including phenoxy) is 1. The SMILES string of the molecule is BCC(=O)c1cc2c(c(C(C)(C)C)c1)OCCN2C. The summed E-state index contributed by atoms with van der Waals surface area (Å²) in [5.41, 5.74) is 2.92. The van der Waals surface area contributed by atoms with Gasteiger partial charge in [-0.2, -0.15) is 0 Å². The summed E-state index contributed by atoms with van der Waals surface area (Å²) in [5, 5.41) is 0. The Labute approximate surface area is 116 Å². The Kier molecular flexibility index (Phi) is 3.61. The molecule has 1 aliphatic rings. The summed E-state index contributed by atoms with van der Waals surface area (Å²) in [6, 6.07) is 3.97. The van der Waals surface area contributed by atoms with Gasteiger partial charge in [-0.25, -0.2) is 0 Å². The molecule has 102 valence electrons. The molecule has 0 bridgehead atoms. The molecule has 0 atom stereocenters. The molecule has 0 aliphatic carbocycles. The second-order valence-corrected chi connectivity index (χ2v) is 6.17. The lowest BCUT2D eigenvalue weighted by Crippen LogP contribution is -2.31. The fourth-order valence-corrected chi connectivity index (χ4v) is 2.38. The van der Waals surface area contributed by atoms with Gasteiger partial charge in [0.05, 0.1) is 12.2 Å². The highest BCUT2D eigenvalue weighted by molar-refractivity contribution is 6.24. The third-order valence-electron chi connectivity index (χ3n) is 3.60. The Balaban J connectivity index is 2.64. The van der Waals surface area contributed by atoms with Crippen LogP contribution in [0.4, 0.5) is 5.69 Å². The van der Waals surface area contributed by atoms with Crippen molar-refractivity contribution < 1.29 is 9.53 Å². The van der Waals surface area contributed by atoms with Crippen LogP contribution in [0.25, 0.3) is 0 Å². The summed E-state index contributed by atoms with van der Waals surface area (Å²) >= 11 is 0. The van der Waals surface area contributed by atoms with Crippen LogP contribution in [0.1, 0.15) is 36.7 Å². The van der Waals surface area contributed by atoms with Crippen LogP contribution < -0.4 is 9.64 Å². The highest BCUT2D eigenvalue weighted by Crippen LogP contribution is 2.41. The number of likely N-dealkylation sites (N-methyl/N-ethyl adjacent to an activating group) is 1. The first-order valence-corrected chi connectivity index (χ1v) is 6.90. The predicted molar refractivity (Wildman–Crippen MR) is 81.6 cm³/mol. The van der Waals surface area contributed by atoms with Gasteiger partial charge < -0.3 is 9.64 Å². The summed E-state index contributed by atoms with van der Waals surface area (Å²) in [6.45, 7) is 8.02. The second kappa shape index (κ2) is 4.91. The number of benzene rings is 1. The summed E-state index contributed by atoms with van der Waals surface area (Å²) in [5.74, 6) is 1.13. The number of nitrogens with zero attached hydrogens (tertiary/aromatic N) is 1. The fourth-order valence-electron chi connectivity index (χ4n) is 2.38. The first kappa shape index (κ1) is 14.0. The van der Waals surface area contributed by atoms with Crippen molar-refractivity contribution in [1.82, 2.24) is 0 Å². The second-order valence-electron chi connectivity index (χ2n) is 6.17. The topological polar surface area (TPSA) is 29.5 Å². The van der Waals surface area contributed by atoms with E-state index in [-0.39, 0.29) is 11.2 Å². The van der Waals surface area contributed by atoms with Crippen molar-refractivity contribution in [3.63, 3.8) is 0 Å². The summed E-state index contributed by atoms with van der Waals surface area (Å²) in [7, 11) is 3.95. The molecule has 1 aliphatic heterocycles. The van der Waals surface area contributed by atoms with Gasteiger partial charge in [0.15, 0.2) is 5.78 Å². The van der Waals surface area contributed by atoms with Gasteiger partial charge in [-0.3, -0.25) is 4.79 Å². The van der Waals surface area contributed by atoms with Gasteiger partial charge in [0, 0.05) is 18.2 Å². The van der Waals surface area contributed by atoms with Gasteiger partial charge in [-0.15, -0.1) is 0 Å². The third kappa shape index (κ3) is 2.62. The van der Waals surface area contributed by atoms with E-state index in [0.717, 1.165) is 29.1 Å². The highest BCUT2D eigenvalue weighted by atomic mass is 16.5. The van der Waals surface area contributed by atoms with Crippen molar-refractivity contribution in [1.29, 1.82) is 0 Å². The molecule has 2 rings (SSSR count). The molecule has 0 radical (unpaired) electrons. The van der Waals surface area contributed by atoms with Gasteiger partial charge in [-0.1, -0.05) is 20.8 Å². The summed E-state index contributed by atoms with van der Waals surface area (Å²) < 4.78 is 5.87. The van der Waals surface area contributed by atoms with E-state index < -0.39 is 0 Å². The van der Waals surface area contributed by atoms with Gasteiger partial charge in [0.1, 0.15) is 20.2 Å². The number of ketones is 1. The monoisotopic (exact) mass is 259 g/mol. The van der Waals surface area contributed by atoms with E-state index in [1.807, 2.05) is 27.0 Å². The van der Waals surface area contributed by atoms with Crippen molar-refractivity contribution in [2.24, 2.45) is 0 Å². The number of anilines is 1. The smallest absolute Gasteiger partial charge is 0.155 e. The van der Waals surface area contributed by atoms with E-state index >= 15 is 0 Å². The van der Waals surface area contributed by atoms with E-state index in [0.29, 0.717) is 12.9 Å². The van der Waals surface area contributed by atoms with Gasteiger partial charge in [0.2, 0.25) is 0 Å². The summed E-state index contributed by atoms with van der Waals surface area (Å²) in [4.78, 5) is 14.2. The average Bonchev–Trinajstić information content (AvgIpc) is 2.36. The predicted octanol–water partition coefficient (Wildman–Crippen LogP) is 2.05. The number of carbonyl (C=O) groups is 1. The minimum atomic E-state index is -0.0354. The molecule has 0 spiro atoms. The molecule has 0 amide bonds. The lowest BCUT2D eigenvalue weighted by molar-refractivity contribution is 0.101. The minimum Gasteiger partial charge on any atom is -0.489 e. The van der Waals surface area contributed by atoms with E-state index in [9.17, 15) is 4.79 Å². The normalized spacial score (nSPS) is 14.8. The van der Waals surface area contributed by atoms with Gasteiger partial charge >= 0.3 is 0 Å².